The van der Waals surface area contributed by atoms with Crippen LogP contribution in [0.3, 0.4) is 0 Å². The Balaban J connectivity index is 1.82. The first-order chi connectivity index (χ1) is 11.2. The number of furan rings is 1. The van der Waals surface area contributed by atoms with Crippen LogP contribution in [0.4, 0.5) is 5.69 Å². The highest BCUT2D eigenvalue weighted by molar-refractivity contribution is 7.09. The minimum atomic E-state index is -0.113. The summed E-state index contributed by atoms with van der Waals surface area (Å²) in [6.45, 7) is 2.33. The fraction of sp³-hybridized carbons (Fsp3) is 0.111. The molecule has 3 rings (SSSR count). The number of nitrogens with zero attached hydrogens (tertiary/aromatic N) is 2. The summed E-state index contributed by atoms with van der Waals surface area (Å²) in [6, 6.07) is 13.2. The largest absolute Gasteiger partial charge is 0.467 e. The van der Waals surface area contributed by atoms with E-state index in [-0.39, 0.29) is 5.91 Å². The number of rotatable bonds is 5. The van der Waals surface area contributed by atoms with Crippen LogP contribution in [0.25, 0.3) is 6.08 Å². The third-order valence-corrected chi connectivity index (χ3v) is 4.05. The van der Waals surface area contributed by atoms with Crippen LogP contribution in [-0.4, -0.2) is 10.9 Å². The number of hydrogen-bond acceptors (Lipinski definition) is 4. The van der Waals surface area contributed by atoms with Gasteiger partial charge in [0.25, 0.3) is 5.91 Å². The van der Waals surface area contributed by atoms with Crippen molar-refractivity contribution in [3.05, 3.63) is 76.6 Å². The number of thiazole rings is 1. The first-order valence-electron chi connectivity index (χ1n) is 7.21. The van der Waals surface area contributed by atoms with E-state index in [9.17, 15) is 4.79 Å². The molecule has 0 radical (unpaired) electrons. The molecule has 2 heterocycles. The molecule has 0 saturated heterocycles. The molecule has 2 aromatic heterocycles. The molecule has 0 unspecified atom stereocenters. The van der Waals surface area contributed by atoms with E-state index in [0.29, 0.717) is 6.54 Å². The molecular weight excluding hydrogens is 308 g/mol. The summed E-state index contributed by atoms with van der Waals surface area (Å²) >= 11 is 1.56. The van der Waals surface area contributed by atoms with Gasteiger partial charge in [-0.2, -0.15) is 0 Å². The minimum Gasteiger partial charge on any atom is -0.467 e. The van der Waals surface area contributed by atoms with Crippen molar-refractivity contribution in [3.8, 4) is 0 Å². The van der Waals surface area contributed by atoms with Gasteiger partial charge in [0.05, 0.1) is 23.5 Å². The van der Waals surface area contributed by atoms with Crippen molar-refractivity contribution in [1.82, 2.24) is 4.98 Å². The molecule has 0 N–H and O–H groups in total. The number of carbonyl (C=O) groups is 1. The third-order valence-electron chi connectivity index (χ3n) is 3.26. The van der Waals surface area contributed by atoms with Crippen LogP contribution in [-0.2, 0) is 11.3 Å². The maximum absolute atomic E-state index is 12.6. The van der Waals surface area contributed by atoms with Crippen molar-refractivity contribution in [1.29, 1.82) is 0 Å². The fourth-order valence-electron chi connectivity index (χ4n) is 2.17. The van der Waals surface area contributed by atoms with Crippen molar-refractivity contribution < 1.29 is 9.21 Å². The van der Waals surface area contributed by atoms with Crippen molar-refractivity contribution in [2.45, 2.75) is 13.5 Å². The second-order valence-corrected chi connectivity index (χ2v) is 6.03. The summed E-state index contributed by atoms with van der Waals surface area (Å²) in [6.07, 6.45) is 4.89. The molecule has 0 bridgehead atoms. The Hall–Kier alpha value is -2.66. The summed E-state index contributed by atoms with van der Waals surface area (Å²) in [5, 5.41) is 2.91. The Morgan fingerprint density at radius 1 is 1.26 bits per heavy atom. The topological polar surface area (TPSA) is 46.3 Å². The second-order valence-electron chi connectivity index (χ2n) is 4.96. The molecule has 0 atom stereocenters. The van der Waals surface area contributed by atoms with Gasteiger partial charge in [-0.3, -0.25) is 4.79 Å². The van der Waals surface area contributed by atoms with E-state index in [1.807, 2.05) is 54.8 Å². The summed E-state index contributed by atoms with van der Waals surface area (Å²) in [5.74, 6) is 0.623. The van der Waals surface area contributed by atoms with Crippen LogP contribution in [0.5, 0.6) is 0 Å². The SMILES string of the molecule is Cc1nc(C=CC(=O)N(Cc2ccco2)c2ccccc2)cs1. The van der Waals surface area contributed by atoms with Crippen LogP contribution in [0.2, 0.25) is 0 Å². The smallest absolute Gasteiger partial charge is 0.251 e. The Labute approximate surface area is 138 Å². The quantitative estimate of drug-likeness (QED) is 0.658. The van der Waals surface area contributed by atoms with Crippen LogP contribution in [0, 0.1) is 6.92 Å². The number of carbonyl (C=O) groups excluding carboxylic acids is 1. The zero-order valence-electron chi connectivity index (χ0n) is 12.7. The molecule has 5 heteroatoms. The lowest BCUT2D eigenvalue weighted by Crippen LogP contribution is -2.28. The van der Waals surface area contributed by atoms with Crippen molar-refractivity contribution in [2.24, 2.45) is 0 Å². The third kappa shape index (κ3) is 3.96. The highest BCUT2D eigenvalue weighted by Gasteiger charge is 2.15. The summed E-state index contributed by atoms with van der Waals surface area (Å²) < 4.78 is 5.37. The zero-order valence-corrected chi connectivity index (χ0v) is 13.5. The number of para-hydroxylation sites is 1. The molecule has 0 aliphatic rings. The van der Waals surface area contributed by atoms with E-state index < -0.39 is 0 Å². The van der Waals surface area contributed by atoms with Gasteiger partial charge in [-0.25, -0.2) is 4.98 Å². The van der Waals surface area contributed by atoms with E-state index in [0.717, 1.165) is 22.1 Å². The average molecular weight is 324 g/mol. The van der Waals surface area contributed by atoms with Crippen LogP contribution in [0.1, 0.15) is 16.5 Å². The molecule has 116 valence electrons. The van der Waals surface area contributed by atoms with Crippen LogP contribution in [0.15, 0.2) is 64.6 Å². The van der Waals surface area contributed by atoms with E-state index in [1.54, 1.807) is 34.7 Å². The molecule has 0 spiro atoms. The van der Waals surface area contributed by atoms with Crippen molar-refractivity contribution >= 4 is 29.0 Å². The number of benzene rings is 1. The molecule has 0 fully saturated rings. The first-order valence-corrected chi connectivity index (χ1v) is 8.09. The van der Waals surface area contributed by atoms with E-state index in [4.69, 9.17) is 4.42 Å². The minimum absolute atomic E-state index is 0.113. The molecule has 0 aliphatic carbocycles. The summed E-state index contributed by atoms with van der Waals surface area (Å²) in [5.41, 5.74) is 1.62. The molecule has 1 aromatic carbocycles. The molecule has 0 aliphatic heterocycles. The molecule has 1 amide bonds. The lowest BCUT2D eigenvalue weighted by molar-refractivity contribution is -0.114. The molecule has 0 saturated carbocycles. The van der Waals surface area contributed by atoms with E-state index in [1.165, 1.54) is 0 Å². The lowest BCUT2D eigenvalue weighted by Gasteiger charge is -2.20. The maximum Gasteiger partial charge on any atom is 0.251 e. The first kappa shape index (κ1) is 15.2. The number of amides is 1. The van der Waals surface area contributed by atoms with E-state index >= 15 is 0 Å². The predicted octanol–water partition coefficient (Wildman–Crippen LogP) is 4.29. The number of aromatic nitrogens is 1. The van der Waals surface area contributed by atoms with E-state index in [2.05, 4.69) is 4.98 Å². The standard InChI is InChI=1S/C18H16N2O2S/c1-14-19-15(13-23-14)9-10-18(21)20(12-17-8-5-11-22-17)16-6-3-2-4-7-16/h2-11,13H,12H2,1H3. The van der Waals surface area contributed by atoms with Gasteiger partial charge >= 0.3 is 0 Å². The normalized spacial score (nSPS) is 11.0. The highest BCUT2D eigenvalue weighted by atomic mass is 32.1. The van der Waals surface area contributed by atoms with Crippen molar-refractivity contribution in [2.75, 3.05) is 4.90 Å². The van der Waals surface area contributed by atoms with Crippen LogP contribution < -0.4 is 4.90 Å². The van der Waals surface area contributed by atoms with Crippen LogP contribution >= 0.6 is 11.3 Å². The fourth-order valence-corrected chi connectivity index (χ4v) is 2.75. The Morgan fingerprint density at radius 2 is 2.09 bits per heavy atom. The molecule has 23 heavy (non-hydrogen) atoms. The number of anilines is 1. The Kier molecular flexibility index (Phi) is 4.68. The summed E-state index contributed by atoms with van der Waals surface area (Å²) in [7, 11) is 0. The van der Waals surface area contributed by atoms with Gasteiger partial charge in [0.1, 0.15) is 5.76 Å². The Bertz CT molecular complexity index is 792. The second kappa shape index (κ2) is 7.07. The lowest BCUT2D eigenvalue weighted by atomic mass is 10.2. The van der Waals surface area contributed by atoms with Gasteiger partial charge in [-0.1, -0.05) is 18.2 Å². The Morgan fingerprint density at radius 3 is 2.74 bits per heavy atom. The summed E-state index contributed by atoms with van der Waals surface area (Å²) in [4.78, 5) is 18.6. The highest BCUT2D eigenvalue weighted by Crippen LogP contribution is 2.18. The zero-order chi connectivity index (χ0) is 16.1. The predicted molar refractivity (Wildman–Crippen MR) is 92.2 cm³/mol. The van der Waals surface area contributed by atoms with Crippen molar-refractivity contribution in [3.63, 3.8) is 0 Å². The van der Waals surface area contributed by atoms with Gasteiger partial charge in [-0.05, 0) is 37.3 Å². The van der Waals surface area contributed by atoms with Gasteiger partial charge in [0.2, 0.25) is 0 Å². The average Bonchev–Trinajstić information content (AvgIpc) is 3.23. The molecule has 3 aromatic rings. The molecular formula is C18H16N2O2S. The van der Waals surface area contributed by atoms with Gasteiger partial charge in [-0.15, -0.1) is 11.3 Å². The monoisotopic (exact) mass is 324 g/mol. The van der Waals surface area contributed by atoms with Gasteiger partial charge < -0.3 is 9.32 Å². The number of aryl methyl sites for hydroxylation is 1. The molecule has 4 nitrogen and oxygen atoms in total. The van der Waals surface area contributed by atoms with Gasteiger partial charge in [0.15, 0.2) is 0 Å². The maximum atomic E-state index is 12.6. The van der Waals surface area contributed by atoms with Gasteiger partial charge in [0, 0.05) is 17.1 Å². The number of hydrogen-bond donors (Lipinski definition) is 0.